The number of carbonyl (C=O) groups is 1. The third-order valence-corrected chi connectivity index (χ3v) is 4.58. The maximum absolute atomic E-state index is 12.1. The molecule has 0 unspecified atom stereocenters. The van der Waals surface area contributed by atoms with Crippen LogP contribution in [0.2, 0.25) is 0 Å². The van der Waals surface area contributed by atoms with Gasteiger partial charge in [-0.05, 0) is 42.0 Å². The Kier molecular flexibility index (Phi) is 5.05. The second-order valence-electron chi connectivity index (χ2n) is 5.54. The molecule has 0 aliphatic carbocycles. The van der Waals surface area contributed by atoms with Crippen LogP contribution >= 0.6 is 0 Å². The minimum Gasteiger partial charge on any atom is -0.378 e. The Balaban J connectivity index is 1.99. The van der Waals surface area contributed by atoms with Crippen LogP contribution < -0.4 is 10.2 Å². The summed E-state index contributed by atoms with van der Waals surface area (Å²) in [6, 6.07) is 13.8. The van der Waals surface area contributed by atoms with E-state index in [1.165, 1.54) is 24.3 Å². The number of sulfone groups is 1. The lowest BCUT2D eigenvalue weighted by molar-refractivity contribution is 0.0951. The van der Waals surface area contributed by atoms with Gasteiger partial charge in [0.2, 0.25) is 0 Å². The van der Waals surface area contributed by atoms with Crippen molar-refractivity contribution in [1.82, 2.24) is 5.32 Å². The van der Waals surface area contributed by atoms with Gasteiger partial charge in [0.05, 0.1) is 4.90 Å². The molecule has 0 bridgehead atoms. The fourth-order valence-electron chi connectivity index (χ4n) is 2.05. The maximum atomic E-state index is 12.1. The van der Waals surface area contributed by atoms with Crippen LogP contribution in [0.4, 0.5) is 5.69 Å². The molecule has 23 heavy (non-hydrogen) atoms. The van der Waals surface area contributed by atoms with Gasteiger partial charge < -0.3 is 10.2 Å². The molecule has 122 valence electrons. The van der Waals surface area contributed by atoms with Crippen molar-refractivity contribution in [3.05, 3.63) is 59.7 Å². The van der Waals surface area contributed by atoms with Crippen molar-refractivity contribution in [2.24, 2.45) is 0 Å². The second kappa shape index (κ2) is 6.83. The van der Waals surface area contributed by atoms with Gasteiger partial charge in [-0.25, -0.2) is 8.42 Å². The number of nitrogens with one attached hydrogen (secondary N) is 1. The number of nitrogens with zero attached hydrogens (tertiary/aromatic N) is 1. The van der Waals surface area contributed by atoms with Crippen LogP contribution in [0, 0.1) is 0 Å². The number of hydrogen-bond donors (Lipinski definition) is 1. The van der Waals surface area contributed by atoms with Crippen molar-refractivity contribution >= 4 is 21.4 Å². The van der Waals surface area contributed by atoms with E-state index in [9.17, 15) is 13.2 Å². The van der Waals surface area contributed by atoms with Crippen LogP contribution in [0.3, 0.4) is 0 Å². The molecule has 2 aromatic rings. The monoisotopic (exact) mass is 332 g/mol. The summed E-state index contributed by atoms with van der Waals surface area (Å²) in [4.78, 5) is 14.3. The van der Waals surface area contributed by atoms with E-state index in [-0.39, 0.29) is 10.8 Å². The number of hydrogen-bond acceptors (Lipinski definition) is 4. The van der Waals surface area contributed by atoms with E-state index in [0.717, 1.165) is 17.5 Å². The summed E-state index contributed by atoms with van der Waals surface area (Å²) in [5, 5.41) is 2.82. The zero-order valence-electron chi connectivity index (χ0n) is 13.4. The molecule has 2 aromatic carbocycles. The van der Waals surface area contributed by atoms with E-state index < -0.39 is 9.84 Å². The van der Waals surface area contributed by atoms with E-state index in [1.54, 1.807) is 0 Å². The highest BCUT2D eigenvalue weighted by molar-refractivity contribution is 7.90. The van der Waals surface area contributed by atoms with Crippen molar-refractivity contribution in [3.63, 3.8) is 0 Å². The molecule has 0 heterocycles. The fourth-order valence-corrected chi connectivity index (χ4v) is 2.68. The molecule has 2 rings (SSSR count). The largest absolute Gasteiger partial charge is 0.378 e. The highest BCUT2D eigenvalue weighted by atomic mass is 32.2. The summed E-state index contributed by atoms with van der Waals surface area (Å²) in [6.45, 7) is 0.417. The molecule has 0 aromatic heterocycles. The average molecular weight is 332 g/mol. The molecule has 1 N–H and O–H groups in total. The molecule has 0 spiro atoms. The van der Waals surface area contributed by atoms with Crippen molar-refractivity contribution < 1.29 is 13.2 Å². The Morgan fingerprint density at radius 2 is 1.57 bits per heavy atom. The van der Waals surface area contributed by atoms with Crippen molar-refractivity contribution in [2.75, 3.05) is 25.3 Å². The Bertz CT molecular complexity index is 780. The van der Waals surface area contributed by atoms with Crippen molar-refractivity contribution in [3.8, 4) is 0 Å². The summed E-state index contributed by atoms with van der Waals surface area (Å²) < 4.78 is 22.8. The summed E-state index contributed by atoms with van der Waals surface area (Å²) in [6.07, 6.45) is 1.14. The molecular weight excluding hydrogens is 312 g/mol. The standard InChI is InChI=1S/C17H20N2O3S/c1-19(2)15-8-4-13(5-9-15)12-18-17(20)14-6-10-16(11-7-14)23(3,21)22/h4-11H,12H2,1-3H3,(H,18,20). The van der Waals surface area contributed by atoms with Gasteiger partial charge in [-0.1, -0.05) is 12.1 Å². The first-order valence-electron chi connectivity index (χ1n) is 7.12. The van der Waals surface area contributed by atoms with E-state index in [0.29, 0.717) is 12.1 Å². The van der Waals surface area contributed by atoms with Crippen LogP contribution in [-0.4, -0.2) is 34.7 Å². The zero-order valence-corrected chi connectivity index (χ0v) is 14.2. The topological polar surface area (TPSA) is 66.5 Å². The maximum Gasteiger partial charge on any atom is 0.251 e. The third-order valence-electron chi connectivity index (χ3n) is 3.45. The second-order valence-corrected chi connectivity index (χ2v) is 7.56. The van der Waals surface area contributed by atoms with E-state index in [4.69, 9.17) is 0 Å². The number of benzene rings is 2. The number of rotatable bonds is 5. The van der Waals surface area contributed by atoms with Crippen LogP contribution in [0.1, 0.15) is 15.9 Å². The first-order chi connectivity index (χ1) is 10.8. The normalized spacial score (nSPS) is 11.1. The molecule has 0 atom stereocenters. The molecule has 0 saturated carbocycles. The third kappa shape index (κ3) is 4.56. The van der Waals surface area contributed by atoms with Gasteiger partial charge >= 0.3 is 0 Å². The summed E-state index contributed by atoms with van der Waals surface area (Å²) in [5.74, 6) is -0.235. The van der Waals surface area contributed by atoms with Gasteiger partial charge in [-0.2, -0.15) is 0 Å². The average Bonchev–Trinajstić information content (AvgIpc) is 2.52. The first-order valence-corrected chi connectivity index (χ1v) is 9.01. The Labute approximate surface area is 136 Å². The lowest BCUT2D eigenvalue weighted by Crippen LogP contribution is -2.22. The van der Waals surface area contributed by atoms with Crippen LogP contribution in [0.25, 0.3) is 0 Å². The molecule has 5 nitrogen and oxygen atoms in total. The number of anilines is 1. The Morgan fingerprint density at radius 3 is 2.04 bits per heavy atom. The predicted octanol–water partition coefficient (Wildman–Crippen LogP) is 2.09. The first kappa shape index (κ1) is 17.0. The van der Waals surface area contributed by atoms with Crippen molar-refractivity contribution in [1.29, 1.82) is 0 Å². The van der Waals surface area contributed by atoms with E-state index in [2.05, 4.69) is 5.32 Å². The molecular formula is C17H20N2O3S. The van der Waals surface area contributed by atoms with Gasteiger partial charge in [0, 0.05) is 38.1 Å². The van der Waals surface area contributed by atoms with Gasteiger partial charge in [0.1, 0.15) is 0 Å². The van der Waals surface area contributed by atoms with Gasteiger partial charge in [0.25, 0.3) is 5.91 Å². The molecule has 0 radical (unpaired) electrons. The fraction of sp³-hybridized carbons (Fsp3) is 0.235. The highest BCUT2D eigenvalue weighted by Gasteiger charge is 2.09. The molecule has 0 aliphatic heterocycles. The van der Waals surface area contributed by atoms with Gasteiger partial charge in [0.15, 0.2) is 9.84 Å². The zero-order chi connectivity index (χ0) is 17.0. The van der Waals surface area contributed by atoms with E-state index >= 15 is 0 Å². The number of carbonyl (C=O) groups excluding carboxylic acids is 1. The number of amides is 1. The van der Waals surface area contributed by atoms with Crippen LogP contribution in [0.5, 0.6) is 0 Å². The Morgan fingerprint density at radius 1 is 1.00 bits per heavy atom. The van der Waals surface area contributed by atoms with Gasteiger partial charge in [-0.3, -0.25) is 4.79 Å². The minimum atomic E-state index is -3.25. The van der Waals surface area contributed by atoms with Crippen molar-refractivity contribution in [2.45, 2.75) is 11.4 Å². The minimum absolute atomic E-state index is 0.202. The molecule has 0 aliphatic rings. The highest BCUT2D eigenvalue weighted by Crippen LogP contribution is 2.13. The lowest BCUT2D eigenvalue weighted by Gasteiger charge is -2.13. The quantitative estimate of drug-likeness (QED) is 0.910. The van der Waals surface area contributed by atoms with Crippen LogP contribution in [-0.2, 0) is 16.4 Å². The molecule has 6 heteroatoms. The molecule has 0 fully saturated rings. The lowest BCUT2D eigenvalue weighted by atomic mass is 10.2. The van der Waals surface area contributed by atoms with Gasteiger partial charge in [-0.15, -0.1) is 0 Å². The molecule has 1 amide bonds. The smallest absolute Gasteiger partial charge is 0.251 e. The predicted molar refractivity (Wildman–Crippen MR) is 91.5 cm³/mol. The molecule has 0 saturated heterocycles. The Hall–Kier alpha value is -2.34. The SMILES string of the molecule is CN(C)c1ccc(CNC(=O)c2ccc(S(C)(=O)=O)cc2)cc1. The van der Waals surface area contributed by atoms with E-state index in [1.807, 2.05) is 43.3 Å². The summed E-state index contributed by atoms with van der Waals surface area (Å²) in [5.41, 5.74) is 2.52. The summed E-state index contributed by atoms with van der Waals surface area (Å²) >= 11 is 0. The van der Waals surface area contributed by atoms with Crippen LogP contribution in [0.15, 0.2) is 53.4 Å². The summed E-state index contributed by atoms with van der Waals surface area (Å²) in [7, 11) is 0.691.